The van der Waals surface area contributed by atoms with Crippen LogP contribution in [0.1, 0.15) is 24.8 Å². The summed E-state index contributed by atoms with van der Waals surface area (Å²) in [6, 6.07) is 4.30. The number of halogens is 1. The minimum absolute atomic E-state index is 0.117. The number of ether oxygens (including phenoxy) is 2. The zero-order chi connectivity index (χ0) is 12.1. The summed E-state index contributed by atoms with van der Waals surface area (Å²) in [5.74, 6) is 0. The Morgan fingerprint density at radius 3 is 2.31 bits per heavy atom. The van der Waals surface area contributed by atoms with Crippen molar-refractivity contribution < 1.29 is 9.47 Å². The maximum atomic E-state index is 5.90. The van der Waals surface area contributed by atoms with Gasteiger partial charge in [-0.3, -0.25) is 0 Å². The van der Waals surface area contributed by atoms with E-state index in [0.29, 0.717) is 0 Å². The third-order valence-electron chi connectivity index (χ3n) is 2.41. The van der Waals surface area contributed by atoms with Crippen molar-refractivity contribution in [2.24, 2.45) is 0 Å². The van der Waals surface area contributed by atoms with Gasteiger partial charge in [-0.1, -0.05) is 11.6 Å². The minimum Gasteiger partial charge on any atom is -0.354 e. The lowest BCUT2D eigenvalue weighted by molar-refractivity contribution is -0.120. The Labute approximate surface area is 106 Å². The van der Waals surface area contributed by atoms with Crippen LogP contribution in [-0.2, 0) is 9.47 Å². The summed E-state index contributed by atoms with van der Waals surface area (Å²) < 4.78 is 11.2. The lowest BCUT2D eigenvalue weighted by atomic mass is 10.2. The molecule has 0 aliphatic rings. The molecule has 0 amide bonds. The molecule has 2 atom stereocenters. The van der Waals surface area contributed by atoms with E-state index in [1.54, 1.807) is 25.6 Å². The van der Waals surface area contributed by atoms with E-state index in [1.807, 2.05) is 19.1 Å². The molecule has 5 heteroatoms. The van der Waals surface area contributed by atoms with Crippen molar-refractivity contribution >= 4 is 22.9 Å². The Hall–Kier alpha value is -0.130. The fourth-order valence-corrected chi connectivity index (χ4v) is 2.69. The molecule has 92 valence electrons. The van der Waals surface area contributed by atoms with Gasteiger partial charge < -0.3 is 14.8 Å². The molecule has 1 aromatic heterocycles. The molecule has 0 aromatic carbocycles. The molecule has 0 spiro atoms. The summed E-state index contributed by atoms with van der Waals surface area (Å²) in [6.45, 7) is 4.13. The molecule has 0 aliphatic heterocycles. The predicted molar refractivity (Wildman–Crippen MR) is 68.1 cm³/mol. The highest BCUT2D eigenvalue weighted by Crippen LogP contribution is 2.27. The van der Waals surface area contributed by atoms with Gasteiger partial charge in [-0.05, 0) is 26.0 Å². The largest absolute Gasteiger partial charge is 0.354 e. The Kier molecular flexibility index (Phi) is 5.72. The molecule has 3 nitrogen and oxygen atoms in total. The van der Waals surface area contributed by atoms with Gasteiger partial charge in [0.2, 0.25) is 0 Å². The van der Waals surface area contributed by atoms with Crippen molar-refractivity contribution in [3.8, 4) is 0 Å². The zero-order valence-electron chi connectivity index (χ0n) is 9.99. The highest BCUT2D eigenvalue weighted by molar-refractivity contribution is 7.16. The van der Waals surface area contributed by atoms with Crippen LogP contribution in [0.5, 0.6) is 0 Å². The molecule has 0 aliphatic carbocycles. The summed E-state index contributed by atoms with van der Waals surface area (Å²) in [6.07, 6.45) is -0.238. The molecule has 1 rings (SSSR count). The van der Waals surface area contributed by atoms with Crippen molar-refractivity contribution in [1.82, 2.24) is 5.32 Å². The van der Waals surface area contributed by atoms with Crippen LogP contribution in [0.2, 0.25) is 4.34 Å². The van der Waals surface area contributed by atoms with E-state index >= 15 is 0 Å². The summed E-state index contributed by atoms with van der Waals surface area (Å²) in [5.41, 5.74) is 0. The summed E-state index contributed by atoms with van der Waals surface area (Å²) in [7, 11) is 3.28. The highest BCUT2D eigenvalue weighted by atomic mass is 35.5. The van der Waals surface area contributed by atoms with Crippen LogP contribution in [0, 0.1) is 0 Å². The van der Waals surface area contributed by atoms with E-state index in [1.165, 1.54) is 4.88 Å². The van der Waals surface area contributed by atoms with Crippen LogP contribution in [0.15, 0.2) is 12.1 Å². The molecule has 0 bridgehead atoms. The topological polar surface area (TPSA) is 30.5 Å². The lowest BCUT2D eigenvalue weighted by Crippen LogP contribution is -2.40. The van der Waals surface area contributed by atoms with Crippen LogP contribution >= 0.6 is 22.9 Å². The molecule has 0 radical (unpaired) electrons. The number of rotatable bonds is 6. The van der Waals surface area contributed by atoms with Crippen LogP contribution in [-0.4, -0.2) is 26.6 Å². The summed E-state index contributed by atoms with van der Waals surface area (Å²) in [4.78, 5) is 1.21. The minimum atomic E-state index is -0.238. The molecule has 0 fully saturated rings. The quantitative estimate of drug-likeness (QED) is 0.801. The van der Waals surface area contributed by atoms with Gasteiger partial charge >= 0.3 is 0 Å². The first kappa shape index (κ1) is 13.9. The van der Waals surface area contributed by atoms with Gasteiger partial charge in [0, 0.05) is 25.1 Å². The van der Waals surface area contributed by atoms with Crippen LogP contribution in [0.3, 0.4) is 0 Å². The van der Waals surface area contributed by atoms with Crippen molar-refractivity contribution in [2.45, 2.75) is 32.2 Å². The Morgan fingerprint density at radius 1 is 1.25 bits per heavy atom. The number of thiophene rings is 1. The number of nitrogens with one attached hydrogen (secondary N) is 1. The number of methoxy groups -OCH3 is 2. The average molecular weight is 264 g/mol. The van der Waals surface area contributed by atoms with Gasteiger partial charge in [-0.15, -0.1) is 11.3 Å². The number of hydrogen-bond acceptors (Lipinski definition) is 4. The van der Waals surface area contributed by atoms with Crippen molar-refractivity contribution in [2.75, 3.05) is 14.2 Å². The second-order valence-electron chi connectivity index (χ2n) is 3.66. The van der Waals surface area contributed by atoms with Gasteiger partial charge in [0.1, 0.15) is 0 Å². The van der Waals surface area contributed by atoms with Gasteiger partial charge in [0.05, 0.1) is 10.4 Å². The monoisotopic (exact) mass is 263 g/mol. The molecular weight excluding hydrogens is 246 g/mol. The van der Waals surface area contributed by atoms with Gasteiger partial charge in [-0.2, -0.15) is 0 Å². The smallest absolute Gasteiger partial charge is 0.171 e. The van der Waals surface area contributed by atoms with E-state index in [0.717, 1.165) is 4.34 Å². The summed E-state index contributed by atoms with van der Waals surface area (Å²) in [5, 5.41) is 3.41. The Bertz CT molecular complexity index is 315. The molecule has 0 saturated carbocycles. The van der Waals surface area contributed by atoms with Crippen molar-refractivity contribution in [1.29, 1.82) is 0 Å². The SMILES string of the molecule is COC(OC)C(C)NC(C)c1ccc(Cl)s1. The Morgan fingerprint density at radius 2 is 1.88 bits per heavy atom. The first-order valence-electron chi connectivity index (χ1n) is 5.15. The van der Waals surface area contributed by atoms with E-state index < -0.39 is 0 Å². The maximum absolute atomic E-state index is 5.90. The third kappa shape index (κ3) is 3.71. The lowest BCUT2D eigenvalue weighted by Gasteiger charge is -2.25. The zero-order valence-corrected chi connectivity index (χ0v) is 11.6. The second kappa shape index (κ2) is 6.57. The molecule has 2 unspecified atom stereocenters. The third-order valence-corrected chi connectivity index (χ3v) is 3.82. The van der Waals surface area contributed by atoms with Crippen molar-refractivity contribution in [3.63, 3.8) is 0 Å². The van der Waals surface area contributed by atoms with Gasteiger partial charge in [0.15, 0.2) is 6.29 Å². The van der Waals surface area contributed by atoms with Crippen LogP contribution in [0.25, 0.3) is 0 Å². The van der Waals surface area contributed by atoms with Gasteiger partial charge in [0.25, 0.3) is 0 Å². The van der Waals surface area contributed by atoms with Crippen LogP contribution < -0.4 is 5.32 Å². The molecular formula is C11H18ClNO2S. The molecule has 1 aromatic rings. The molecule has 1 heterocycles. The normalized spacial score (nSPS) is 15.4. The molecule has 16 heavy (non-hydrogen) atoms. The fraction of sp³-hybridized carbons (Fsp3) is 0.636. The predicted octanol–water partition coefficient (Wildman–Crippen LogP) is 3.06. The average Bonchev–Trinajstić information content (AvgIpc) is 2.66. The van der Waals surface area contributed by atoms with Crippen LogP contribution in [0.4, 0.5) is 0 Å². The van der Waals surface area contributed by atoms with Gasteiger partial charge in [-0.25, -0.2) is 0 Å². The highest BCUT2D eigenvalue weighted by Gasteiger charge is 2.19. The first-order valence-corrected chi connectivity index (χ1v) is 6.34. The van der Waals surface area contributed by atoms with E-state index in [2.05, 4.69) is 12.2 Å². The Balaban J connectivity index is 2.53. The van der Waals surface area contributed by atoms with E-state index in [4.69, 9.17) is 21.1 Å². The van der Waals surface area contributed by atoms with E-state index in [-0.39, 0.29) is 18.4 Å². The maximum Gasteiger partial charge on any atom is 0.171 e. The molecule has 0 saturated heterocycles. The van der Waals surface area contributed by atoms with E-state index in [9.17, 15) is 0 Å². The summed E-state index contributed by atoms with van der Waals surface area (Å²) >= 11 is 7.49. The number of hydrogen-bond donors (Lipinski definition) is 1. The van der Waals surface area contributed by atoms with Crippen molar-refractivity contribution in [3.05, 3.63) is 21.3 Å². The molecule has 1 N–H and O–H groups in total. The second-order valence-corrected chi connectivity index (χ2v) is 5.41. The first-order chi connectivity index (χ1) is 7.58. The standard InChI is InChI=1S/C11H18ClNO2S/c1-7(9-5-6-10(12)16-9)13-8(2)11(14-3)15-4/h5-8,11,13H,1-4H3. The fourth-order valence-electron chi connectivity index (χ4n) is 1.62.